The number of hydrogen-bond acceptors (Lipinski definition) is 2. The summed E-state index contributed by atoms with van der Waals surface area (Å²) in [5.41, 5.74) is 1.23. The number of hydrogen-bond donors (Lipinski definition) is 0. The molecule has 0 aliphatic rings. The van der Waals surface area contributed by atoms with Crippen LogP contribution in [0, 0.1) is 0 Å². The van der Waals surface area contributed by atoms with Gasteiger partial charge in [-0.05, 0) is 30.0 Å². The van der Waals surface area contributed by atoms with Gasteiger partial charge in [-0.1, -0.05) is 32.9 Å². The lowest BCUT2D eigenvalue weighted by atomic mass is 10.0. The Bertz CT molecular complexity index is 393. The molecule has 0 amide bonds. The van der Waals surface area contributed by atoms with E-state index in [2.05, 4.69) is 13.8 Å². The SMILES string of the molecule is CCCC(=O)CS(=O)c1ccc(C(C)C)cc1. The zero-order valence-electron chi connectivity index (χ0n) is 10.7. The molecule has 0 aromatic heterocycles. The first-order valence-corrected chi connectivity index (χ1v) is 7.36. The molecule has 1 unspecified atom stereocenters. The number of carbonyl (C=O) groups is 1. The Morgan fingerprint density at radius 2 is 1.82 bits per heavy atom. The van der Waals surface area contributed by atoms with Crippen LogP contribution in [0.3, 0.4) is 0 Å². The summed E-state index contributed by atoms with van der Waals surface area (Å²) in [6, 6.07) is 7.71. The van der Waals surface area contributed by atoms with E-state index in [-0.39, 0.29) is 11.5 Å². The van der Waals surface area contributed by atoms with Crippen LogP contribution in [0.25, 0.3) is 0 Å². The van der Waals surface area contributed by atoms with Crippen molar-refractivity contribution in [2.45, 2.75) is 44.4 Å². The summed E-state index contributed by atoms with van der Waals surface area (Å²) in [5, 5.41) is 0. The molecule has 0 heterocycles. The van der Waals surface area contributed by atoms with Crippen LogP contribution in [0.2, 0.25) is 0 Å². The van der Waals surface area contributed by atoms with E-state index in [0.717, 1.165) is 11.3 Å². The molecule has 2 nitrogen and oxygen atoms in total. The number of ketones is 1. The molecule has 0 bridgehead atoms. The Morgan fingerprint density at radius 3 is 2.29 bits per heavy atom. The third-order valence-corrected chi connectivity index (χ3v) is 4.01. The van der Waals surface area contributed by atoms with Crippen molar-refractivity contribution < 1.29 is 9.00 Å². The van der Waals surface area contributed by atoms with Crippen molar-refractivity contribution in [3.05, 3.63) is 29.8 Å². The highest BCUT2D eigenvalue weighted by Crippen LogP contribution is 2.16. The van der Waals surface area contributed by atoms with Gasteiger partial charge in [0.1, 0.15) is 5.78 Å². The molecule has 0 aliphatic carbocycles. The fourth-order valence-electron chi connectivity index (χ4n) is 1.59. The van der Waals surface area contributed by atoms with E-state index >= 15 is 0 Å². The number of rotatable bonds is 6. The average Bonchev–Trinajstić information content (AvgIpc) is 2.29. The summed E-state index contributed by atoms with van der Waals surface area (Å²) in [4.78, 5) is 12.2. The van der Waals surface area contributed by atoms with Crippen LogP contribution in [0.1, 0.15) is 45.1 Å². The quantitative estimate of drug-likeness (QED) is 0.778. The minimum atomic E-state index is -1.19. The van der Waals surface area contributed by atoms with Gasteiger partial charge < -0.3 is 0 Å². The fourth-order valence-corrected chi connectivity index (χ4v) is 2.63. The molecular weight excluding hydrogens is 232 g/mol. The van der Waals surface area contributed by atoms with Crippen LogP contribution in [0.15, 0.2) is 29.2 Å². The molecule has 0 spiro atoms. The maximum absolute atomic E-state index is 11.9. The molecular formula is C14H20O2S. The Morgan fingerprint density at radius 1 is 1.24 bits per heavy atom. The van der Waals surface area contributed by atoms with Crippen LogP contribution >= 0.6 is 0 Å². The average molecular weight is 252 g/mol. The molecule has 1 aromatic rings. The van der Waals surface area contributed by atoms with Crippen molar-refractivity contribution in [2.75, 3.05) is 5.75 Å². The van der Waals surface area contributed by atoms with Crippen molar-refractivity contribution in [3.63, 3.8) is 0 Å². The van der Waals surface area contributed by atoms with Gasteiger partial charge in [0.05, 0.1) is 16.6 Å². The molecule has 1 atom stereocenters. The van der Waals surface area contributed by atoms with Crippen molar-refractivity contribution >= 4 is 16.6 Å². The van der Waals surface area contributed by atoms with Crippen LogP contribution < -0.4 is 0 Å². The van der Waals surface area contributed by atoms with E-state index in [9.17, 15) is 9.00 Å². The maximum Gasteiger partial charge on any atom is 0.145 e. The van der Waals surface area contributed by atoms with Crippen molar-refractivity contribution in [3.8, 4) is 0 Å². The molecule has 0 radical (unpaired) electrons. The molecule has 94 valence electrons. The minimum absolute atomic E-state index is 0.0822. The van der Waals surface area contributed by atoms with Gasteiger partial charge >= 0.3 is 0 Å². The molecule has 0 N–H and O–H groups in total. The third-order valence-electron chi connectivity index (χ3n) is 2.63. The van der Waals surface area contributed by atoms with E-state index in [1.165, 1.54) is 5.56 Å². The highest BCUT2D eigenvalue weighted by molar-refractivity contribution is 7.85. The Balaban J connectivity index is 2.67. The lowest BCUT2D eigenvalue weighted by Gasteiger charge is -2.06. The minimum Gasteiger partial charge on any atom is -0.299 e. The first-order chi connectivity index (χ1) is 8.04. The van der Waals surface area contributed by atoms with Crippen LogP contribution in [-0.4, -0.2) is 15.7 Å². The van der Waals surface area contributed by atoms with E-state index < -0.39 is 10.8 Å². The zero-order valence-corrected chi connectivity index (χ0v) is 11.5. The molecule has 1 rings (SSSR count). The first kappa shape index (κ1) is 14.1. The topological polar surface area (TPSA) is 34.1 Å². The largest absolute Gasteiger partial charge is 0.299 e. The Labute approximate surface area is 106 Å². The standard InChI is InChI=1S/C14H20O2S/c1-4-5-13(15)10-17(16)14-8-6-12(7-9-14)11(2)3/h6-9,11H,4-5,10H2,1-3H3. The van der Waals surface area contributed by atoms with E-state index in [1.807, 2.05) is 31.2 Å². The summed E-state index contributed by atoms with van der Waals surface area (Å²) >= 11 is 0. The normalized spacial score (nSPS) is 12.7. The smallest absolute Gasteiger partial charge is 0.145 e. The summed E-state index contributed by atoms with van der Waals surface area (Å²) in [5.74, 6) is 0.701. The lowest BCUT2D eigenvalue weighted by molar-refractivity contribution is -0.116. The fraction of sp³-hybridized carbons (Fsp3) is 0.500. The number of carbonyl (C=O) groups excluding carboxylic acids is 1. The number of Topliss-reactive ketones (excluding diaryl/α,β-unsaturated/α-hetero) is 1. The second-order valence-electron chi connectivity index (χ2n) is 4.50. The van der Waals surface area contributed by atoms with Gasteiger partial charge in [-0.25, -0.2) is 0 Å². The molecule has 0 fully saturated rings. The zero-order chi connectivity index (χ0) is 12.8. The highest BCUT2D eigenvalue weighted by atomic mass is 32.2. The molecule has 3 heteroatoms. The highest BCUT2D eigenvalue weighted by Gasteiger charge is 2.09. The van der Waals surface area contributed by atoms with Crippen molar-refractivity contribution in [1.29, 1.82) is 0 Å². The van der Waals surface area contributed by atoms with Gasteiger partial charge in [0, 0.05) is 11.3 Å². The second-order valence-corrected chi connectivity index (χ2v) is 5.95. The predicted octanol–water partition coefficient (Wildman–Crippen LogP) is 3.29. The molecule has 17 heavy (non-hydrogen) atoms. The first-order valence-electron chi connectivity index (χ1n) is 6.04. The second kappa shape index (κ2) is 6.70. The monoisotopic (exact) mass is 252 g/mol. The summed E-state index contributed by atoms with van der Waals surface area (Å²) in [6.45, 7) is 6.20. The van der Waals surface area contributed by atoms with Crippen molar-refractivity contribution in [2.24, 2.45) is 0 Å². The molecule has 1 aromatic carbocycles. The van der Waals surface area contributed by atoms with Crippen LogP contribution in [0.5, 0.6) is 0 Å². The summed E-state index contributed by atoms with van der Waals surface area (Å²) < 4.78 is 11.9. The summed E-state index contributed by atoms with van der Waals surface area (Å²) in [6.07, 6.45) is 1.35. The maximum atomic E-state index is 11.9. The predicted molar refractivity (Wildman–Crippen MR) is 71.7 cm³/mol. The lowest BCUT2D eigenvalue weighted by Crippen LogP contribution is -2.10. The Kier molecular flexibility index (Phi) is 5.56. The van der Waals surface area contributed by atoms with Crippen LogP contribution in [0.4, 0.5) is 0 Å². The van der Waals surface area contributed by atoms with E-state index in [1.54, 1.807) is 0 Å². The number of benzene rings is 1. The molecule has 0 saturated heterocycles. The van der Waals surface area contributed by atoms with Crippen molar-refractivity contribution in [1.82, 2.24) is 0 Å². The van der Waals surface area contributed by atoms with Gasteiger partial charge in [0.25, 0.3) is 0 Å². The molecule has 0 saturated carbocycles. The summed E-state index contributed by atoms with van der Waals surface area (Å²) in [7, 11) is -1.19. The van der Waals surface area contributed by atoms with Crippen LogP contribution in [-0.2, 0) is 15.6 Å². The Hall–Kier alpha value is -0.960. The van der Waals surface area contributed by atoms with E-state index in [0.29, 0.717) is 12.3 Å². The van der Waals surface area contributed by atoms with Gasteiger partial charge in [-0.3, -0.25) is 9.00 Å². The third kappa shape index (κ3) is 4.43. The van der Waals surface area contributed by atoms with Gasteiger partial charge in [0.15, 0.2) is 0 Å². The van der Waals surface area contributed by atoms with Gasteiger partial charge in [-0.2, -0.15) is 0 Å². The van der Waals surface area contributed by atoms with E-state index in [4.69, 9.17) is 0 Å². The molecule has 0 aliphatic heterocycles. The van der Waals surface area contributed by atoms with Gasteiger partial charge in [0.2, 0.25) is 0 Å². The van der Waals surface area contributed by atoms with Gasteiger partial charge in [-0.15, -0.1) is 0 Å².